The maximum absolute atomic E-state index is 12.1. The quantitative estimate of drug-likeness (QED) is 0.852. The molecule has 21 heavy (non-hydrogen) atoms. The zero-order valence-electron chi connectivity index (χ0n) is 11.4. The van der Waals surface area contributed by atoms with Crippen LogP contribution in [0.25, 0.3) is 10.8 Å². The van der Waals surface area contributed by atoms with Crippen molar-refractivity contribution in [3.8, 4) is 11.5 Å². The van der Waals surface area contributed by atoms with Crippen LogP contribution in [0.15, 0.2) is 27.4 Å². The summed E-state index contributed by atoms with van der Waals surface area (Å²) in [6, 6.07) is 4.91. The first-order valence-corrected chi connectivity index (χ1v) is 6.98. The van der Waals surface area contributed by atoms with Crippen LogP contribution in [0.1, 0.15) is 5.76 Å². The van der Waals surface area contributed by atoms with Crippen molar-refractivity contribution in [3.05, 3.63) is 34.4 Å². The van der Waals surface area contributed by atoms with Gasteiger partial charge in [0.1, 0.15) is 27.5 Å². The molecule has 114 valence electrons. The van der Waals surface area contributed by atoms with Gasteiger partial charge in [-0.2, -0.15) is 0 Å². The first-order valence-electron chi connectivity index (χ1n) is 6.11. The van der Waals surface area contributed by atoms with Crippen molar-refractivity contribution in [2.24, 2.45) is 0 Å². The average molecular weight is 333 g/mol. The van der Waals surface area contributed by atoms with Gasteiger partial charge in [-0.15, -0.1) is 23.2 Å². The van der Waals surface area contributed by atoms with Gasteiger partial charge in [0, 0.05) is 12.5 Å². The highest BCUT2D eigenvalue weighted by Gasteiger charge is 2.18. The maximum atomic E-state index is 12.1. The molecule has 1 atom stereocenters. The second kappa shape index (κ2) is 6.56. The second-order valence-corrected chi connectivity index (χ2v) is 5.56. The van der Waals surface area contributed by atoms with Crippen LogP contribution in [-0.2, 0) is 6.42 Å². The van der Waals surface area contributed by atoms with Crippen molar-refractivity contribution >= 4 is 34.0 Å². The Bertz CT molecular complexity index is 696. The van der Waals surface area contributed by atoms with Gasteiger partial charge >= 0.3 is 5.63 Å². The minimum atomic E-state index is -1.03. The van der Waals surface area contributed by atoms with E-state index in [1.165, 1.54) is 14.2 Å². The molecule has 0 saturated heterocycles. The number of aliphatic hydroxyl groups is 1. The molecule has 7 heteroatoms. The lowest BCUT2D eigenvalue weighted by molar-refractivity contribution is 0.180. The molecule has 0 radical (unpaired) electrons. The van der Waals surface area contributed by atoms with E-state index in [1.54, 1.807) is 18.2 Å². The molecule has 0 saturated carbocycles. The van der Waals surface area contributed by atoms with Crippen LogP contribution in [0.2, 0.25) is 0 Å². The summed E-state index contributed by atoms with van der Waals surface area (Å²) in [5, 5.41) is 10.6. The number of benzene rings is 1. The summed E-state index contributed by atoms with van der Waals surface area (Å²) < 4.78 is 15.5. The van der Waals surface area contributed by atoms with E-state index >= 15 is 0 Å². The van der Waals surface area contributed by atoms with Gasteiger partial charge in [-0.3, -0.25) is 0 Å². The normalized spacial score (nSPS) is 12.7. The van der Waals surface area contributed by atoms with E-state index < -0.39 is 16.6 Å². The molecule has 1 heterocycles. The van der Waals surface area contributed by atoms with E-state index in [0.717, 1.165) is 0 Å². The van der Waals surface area contributed by atoms with Crippen molar-refractivity contribution in [2.75, 3.05) is 14.2 Å². The van der Waals surface area contributed by atoms with Crippen LogP contribution in [0.5, 0.6) is 11.5 Å². The Kier molecular flexibility index (Phi) is 4.98. The highest BCUT2D eigenvalue weighted by Crippen LogP contribution is 2.29. The minimum Gasteiger partial charge on any atom is -0.497 e. The summed E-state index contributed by atoms with van der Waals surface area (Å²) in [5.41, 5.74) is -0.560. The summed E-state index contributed by atoms with van der Waals surface area (Å²) in [7, 11) is 2.97. The Morgan fingerprint density at radius 1 is 1.24 bits per heavy atom. The molecule has 2 aromatic rings. The van der Waals surface area contributed by atoms with E-state index in [-0.39, 0.29) is 12.2 Å². The third-order valence-corrected chi connectivity index (χ3v) is 3.59. The Morgan fingerprint density at radius 3 is 2.52 bits per heavy atom. The van der Waals surface area contributed by atoms with E-state index in [1.807, 2.05) is 0 Å². The van der Waals surface area contributed by atoms with Gasteiger partial charge in [-0.25, -0.2) is 4.79 Å². The predicted molar refractivity (Wildman–Crippen MR) is 80.8 cm³/mol. The summed E-state index contributed by atoms with van der Waals surface area (Å²) in [6.45, 7) is 0. The van der Waals surface area contributed by atoms with E-state index in [9.17, 15) is 9.90 Å². The van der Waals surface area contributed by atoms with Gasteiger partial charge < -0.3 is 19.0 Å². The fourth-order valence-corrected chi connectivity index (χ4v) is 2.17. The smallest absolute Gasteiger partial charge is 0.347 e. The van der Waals surface area contributed by atoms with E-state index in [0.29, 0.717) is 22.3 Å². The number of fused-ring (bicyclic) bond motifs is 1. The lowest BCUT2D eigenvalue weighted by atomic mass is 10.1. The molecule has 5 nitrogen and oxygen atoms in total. The molecule has 2 rings (SSSR count). The number of hydrogen-bond donors (Lipinski definition) is 1. The standard InChI is InChI=1S/C14H14Cl2O5/c1-19-8-3-7-4-9(5-10(17)13(15)16)21-14(18)12(7)11(6-8)20-2/h3-4,6,10,13,17H,5H2,1-2H3. The van der Waals surface area contributed by atoms with Gasteiger partial charge in [0.25, 0.3) is 0 Å². The lowest BCUT2D eigenvalue weighted by Crippen LogP contribution is -2.19. The van der Waals surface area contributed by atoms with E-state index in [4.69, 9.17) is 37.1 Å². The summed E-state index contributed by atoms with van der Waals surface area (Å²) in [5.74, 6) is 1.18. The van der Waals surface area contributed by atoms with Gasteiger partial charge in [-0.05, 0) is 17.5 Å². The van der Waals surface area contributed by atoms with Gasteiger partial charge in [-0.1, -0.05) is 0 Å². The molecule has 0 amide bonds. The molecule has 0 aliphatic rings. The minimum absolute atomic E-state index is 0.0301. The van der Waals surface area contributed by atoms with Crippen molar-refractivity contribution in [3.63, 3.8) is 0 Å². The second-order valence-electron chi connectivity index (χ2n) is 4.40. The Balaban J connectivity index is 2.56. The number of ether oxygens (including phenoxy) is 2. The Hall–Kier alpha value is -1.43. The molecule has 1 aromatic carbocycles. The zero-order valence-corrected chi connectivity index (χ0v) is 12.9. The zero-order chi connectivity index (χ0) is 15.6. The number of aliphatic hydroxyl groups excluding tert-OH is 1. The Morgan fingerprint density at radius 2 is 1.95 bits per heavy atom. The van der Waals surface area contributed by atoms with Crippen LogP contribution >= 0.6 is 23.2 Å². The van der Waals surface area contributed by atoms with Crippen molar-refractivity contribution in [1.82, 2.24) is 0 Å². The predicted octanol–water partition coefficient (Wildman–Crippen LogP) is 2.52. The average Bonchev–Trinajstić information content (AvgIpc) is 2.45. The highest BCUT2D eigenvalue weighted by molar-refractivity contribution is 6.44. The van der Waals surface area contributed by atoms with Crippen LogP contribution in [0.4, 0.5) is 0 Å². The number of alkyl halides is 2. The molecule has 1 N–H and O–H groups in total. The molecular formula is C14H14Cl2O5. The maximum Gasteiger partial charge on any atom is 0.347 e. The lowest BCUT2D eigenvalue weighted by Gasteiger charge is -2.12. The molecule has 0 aliphatic carbocycles. The first-order chi connectivity index (χ1) is 9.96. The number of methoxy groups -OCH3 is 2. The van der Waals surface area contributed by atoms with Gasteiger partial charge in [0.15, 0.2) is 0 Å². The number of hydrogen-bond acceptors (Lipinski definition) is 5. The first kappa shape index (κ1) is 15.9. The summed E-state index contributed by atoms with van der Waals surface area (Å²) >= 11 is 11.2. The third kappa shape index (κ3) is 3.43. The fraction of sp³-hybridized carbons (Fsp3) is 0.357. The molecular weight excluding hydrogens is 319 g/mol. The molecule has 0 aliphatic heterocycles. The van der Waals surface area contributed by atoms with Crippen LogP contribution in [0, 0.1) is 0 Å². The van der Waals surface area contributed by atoms with Crippen molar-refractivity contribution in [2.45, 2.75) is 17.4 Å². The summed E-state index contributed by atoms with van der Waals surface area (Å²) in [6.07, 6.45) is -0.996. The molecule has 0 spiro atoms. The van der Waals surface area contributed by atoms with Crippen LogP contribution in [0.3, 0.4) is 0 Å². The molecule has 0 fully saturated rings. The van der Waals surface area contributed by atoms with Crippen LogP contribution in [-0.4, -0.2) is 30.3 Å². The largest absolute Gasteiger partial charge is 0.497 e. The monoisotopic (exact) mass is 332 g/mol. The van der Waals surface area contributed by atoms with Gasteiger partial charge in [0.05, 0.1) is 20.3 Å². The van der Waals surface area contributed by atoms with E-state index in [2.05, 4.69) is 0 Å². The molecule has 1 unspecified atom stereocenters. The molecule has 0 bridgehead atoms. The van der Waals surface area contributed by atoms with Crippen molar-refractivity contribution in [1.29, 1.82) is 0 Å². The number of rotatable bonds is 5. The highest BCUT2D eigenvalue weighted by atomic mass is 35.5. The van der Waals surface area contributed by atoms with Gasteiger partial charge in [0.2, 0.25) is 0 Å². The van der Waals surface area contributed by atoms with Crippen LogP contribution < -0.4 is 15.1 Å². The number of halogens is 2. The third-order valence-electron chi connectivity index (χ3n) is 3.01. The molecule has 1 aromatic heterocycles. The van der Waals surface area contributed by atoms with Crippen molar-refractivity contribution < 1.29 is 19.0 Å². The Labute approximate surface area is 131 Å². The summed E-state index contributed by atoms with van der Waals surface area (Å²) in [4.78, 5) is 11.1. The fourth-order valence-electron chi connectivity index (χ4n) is 1.99. The SMILES string of the molecule is COc1cc(OC)c2c(=O)oc(CC(O)C(Cl)Cl)cc2c1. The topological polar surface area (TPSA) is 68.9 Å².